The normalized spacial score (nSPS) is 10.0. The van der Waals surface area contributed by atoms with Crippen LogP contribution >= 0.6 is 31.9 Å². The van der Waals surface area contributed by atoms with Crippen molar-refractivity contribution >= 4 is 37.8 Å². The van der Waals surface area contributed by atoms with E-state index in [0.29, 0.717) is 0 Å². The highest BCUT2D eigenvalue weighted by Crippen LogP contribution is 2.39. The van der Waals surface area contributed by atoms with E-state index in [1.54, 1.807) is 0 Å². The van der Waals surface area contributed by atoms with E-state index in [1.807, 2.05) is 0 Å². The van der Waals surface area contributed by atoms with Crippen LogP contribution in [0.2, 0.25) is 0 Å². The molecule has 0 radical (unpaired) electrons. The molecule has 4 nitrogen and oxygen atoms in total. The molecule has 0 saturated carbocycles. The molecule has 0 aliphatic carbocycles. The first-order chi connectivity index (χ1) is 5.95. The van der Waals surface area contributed by atoms with Crippen LogP contribution in [0.15, 0.2) is 15.0 Å². The highest BCUT2D eigenvalue weighted by molar-refractivity contribution is 9.11. The van der Waals surface area contributed by atoms with Crippen molar-refractivity contribution in [2.75, 3.05) is 0 Å². The Morgan fingerprint density at radius 3 is 2.38 bits per heavy atom. The van der Waals surface area contributed by atoms with Crippen molar-refractivity contribution in [2.45, 2.75) is 0 Å². The van der Waals surface area contributed by atoms with Crippen LogP contribution in [0.4, 0.5) is 0 Å². The van der Waals surface area contributed by atoms with Gasteiger partial charge in [-0.15, -0.1) is 0 Å². The zero-order chi connectivity index (χ0) is 10.2. The monoisotopic (exact) mass is 309 g/mol. The first-order valence-corrected chi connectivity index (χ1v) is 4.73. The Balaban J connectivity index is 3.53. The molecule has 1 aromatic carbocycles. The van der Waals surface area contributed by atoms with Crippen LogP contribution < -0.4 is 5.73 Å². The van der Waals surface area contributed by atoms with Crippen molar-refractivity contribution in [1.29, 1.82) is 0 Å². The van der Waals surface area contributed by atoms with Crippen molar-refractivity contribution in [3.8, 4) is 11.5 Å². The minimum atomic E-state index is -0.813. The number of hydrogen-bond acceptors (Lipinski definition) is 3. The molecule has 0 saturated heterocycles. The minimum Gasteiger partial charge on any atom is -0.507 e. The third kappa shape index (κ3) is 1.78. The summed E-state index contributed by atoms with van der Waals surface area (Å²) in [5.41, 5.74) is 4.84. The lowest BCUT2D eigenvalue weighted by molar-refractivity contribution is 0.0996. The number of phenolic OH excluding ortho intramolecular Hbond substituents is 1. The molecule has 13 heavy (non-hydrogen) atoms. The third-order valence-electron chi connectivity index (χ3n) is 1.42. The summed E-state index contributed by atoms with van der Waals surface area (Å²) in [5, 5.41) is 18.6. The summed E-state index contributed by atoms with van der Waals surface area (Å²) < 4.78 is 0.355. The van der Waals surface area contributed by atoms with Crippen LogP contribution in [-0.4, -0.2) is 16.1 Å². The Bertz CT molecular complexity index is 378. The van der Waals surface area contributed by atoms with Crippen molar-refractivity contribution in [3.05, 3.63) is 20.6 Å². The molecule has 0 aliphatic rings. The fourth-order valence-electron chi connectivity index (χ4n) is 0.831. The van der Waals surface area contributed by atoms with Crippen LogP contribution in [0.25, 0.3) is 0 Å². The van der Waals surface area contributed by atoms with Crippen LogP contribution in [0.5, 0.6) is 11.5 Å². The number of phenols is 2. The van der Waals surface area contributed by atoms with Crippen molar-refractivity contribution in [3.63, 3.8) is 0 Å². The standard InChI is InChI=1S/C7H5Br2NO3/c8-2-1-3(11)4(7(10)13)5(9)6(2)12/h1,11-12H,(H2,10,13). The van der Waals surface area contributed by atoms with Gasteiger partial charge in [0.15, 0.2) is 0 Å². The Hall–Kier alpha value is -0.750. The molecule has 0 heterocycles. The molecule has 1 amide bonds. The predicted molar refractivity (Wildman–Crippen MR) is 53.7 cm³/mol. The number of hydrogen-bond donors (Lipinski definition) is 3. The van der Waals surface area contributed by atoms with E-state index in [1.165, 1.54) is 6.07 Å². The number of rotatable bonds is 1. The molecular formula is C7H5Br2NO3. The van der Waals surface area contributed by atoms with Gasteiger partial charge in [0.05, 0.1) is 14.5 Å². The topological polar surface area (TPSA) is 83.6 Å². The second-order valence-corrected chi connectivity index (χ2v) is 3.93. The molecule has 70 valence electrons. The largest absolute Gasteiger partial charge is 0.507 e. The smallest absolute Gasteiger partial charge is 0.253 e. The number of halogens is 2. The highest BCUT2D eigenvalue weighted by atomic mass is 79.9. The molecule has 0 spiro atoms. The van der Waals surface area contributed by atoms with Gasteiger partial charge in [-0.1, -0.05) is 0 Å². The van der Waals surface area contributed by atoms with Gasteiger partial charge in [0.25, 0.3) is 5.91 Å². The van der Waals surface area contributed by atoms with E-state index in [9.17, 15) is 15.0 Å². The summed E-state index contributed by atoms with van der Waals surface area (Å²) in [6, 6.07) is 1.19. The second kappa shape index (κ2) is 3.55. The fraction of sp³-hybridized carbons (Fsp3) is 0. The highest BCUT2D eigenvalue weighted by Gasteiger charge is 2.18. The van der Waals surface area contributed by atoms with Crippen LogP contribution in [0, 0.1) is 0 Å². The van der Waals surface area contributed by atoms with Crippen molar-refractivity contribution in [2.24, 2.45) is 5.73 Å². The lowest BCUT2D eigenvalue weighted by atomic mass is 10.2. The lowest BCUT2D eigenvalue weighted by Gasteiger charge is -2.06. The third-order valence-corrected chi connectivity index (χ3v) is 2.80. The van der Waals surface area contributed by atoms with E-state index < -0.39 is 5.91 Å². The zero-order valence-electron chi connectivity index (χ0n) is 6.21. The molecule has 1 aromatic rings. The van der Waals surface area contributed by atoms with Gasteiger partial charge >= 0.3 is 0 Å². The number of primary amides is 1. The van der Waals surface area contributed by atoms with Crippen LogP contribution in [-0.2, 0) is 0 Å². The Kier molecular flexibility index (Phi) is 2.82. The van der Waals surface area contributed by atoms with E-state index in [4.69, 9.17) is 5.73 Å². The number of carbonyl (C=O) groups is 1. The second-order valence-electron chi connectivity index (χ2n) is 2.28. The molecule has 4 N–H and O–H groups in total. The molecule has 0 bridgehead atoms. The van der Waals surface area contributed by atoms with E-state index >= 15 is 0 Å². The maximum Gasteiger partial charge on any atom is 0.253 e. The summed E-state index contributed by atoms with van der Waals surface area (Å²) in [7, 11) is 0. The summed E-state index contributed by atoms with van der Waals surface area (Å²) >= 11 is 5.93. The summed E-state index contributed by atoms with van der Waals surface area (Å²) in [6.45, 7) is 0. The van der Waals surface area contributed by atoms with Gasteiger partial charge in [-0.05, 0) is 37.9 Å². The Labute approximate surface area is 90.6 Å². The van der Waals surface area contributed by atoms with E-state index in [0.717, 1.165) is 0 Å². The van der Waals surface area contributed by atoms with Crippen LogP contribution in [0.1, 0.15) is 10.4 Å². The number of aromatic hydroxyl groups is 2. The van der Waals surface area contributed by atoms with Gasteiger partial charge < -0.3 is 15.9 Å². The SMILES string of the molecule is NC(=O)c1c(O)cc(Br)c(O)c1Br. The van der Waals surface area contributed by atoms with Crippen LogP contribution in [0.3, 0.4) is 0 Å². The summed E-state index contributed by atoms with van der Waals surface area (Å²) in [6.07, 6.45) is 0. The van der Waals surface area contributed by atoms with E-state index in [-0.39, 0.29) is 26.0 Å². The minimum absolute atomic E-state index is 0.0758. The molecule has 0 atom stereocenters. The Morgan fingerprint density at radius 1 is 1.38 bits per heavy atom. The maximum absolute atomic E-state index is 10.8. The predicted octanol–water partition coefficient (Wildman–Crippen LogP) is 1.72. The van der Waals surface area contributed by atoms with Gasteiger partial charge in [0.1, 0.15) is 11.5 Å². The maximum atomic E-state index is 10.8. The van der Waals surface area contributed by atoms with Crippen molar-refractivity contribution in [1.82, 2.24) is 0 Å². The molecule has 1 rings (SSSR count). The average molecular weight is 311 g/mol. The van der Waals surface area contributed by atoms with Crippen molar-refractivity contribution < 1.29 is 15.0 Å². The number of carbonyl (C=O) groups excluding carboxylic acids is 1. The number of nitrogens with two attached hydrogens (primary N) is 1. The quantitative estimate of drug-likeness (QED) is 0.691. The average Bonchev–Trinajstić information content (AvgIpc) is 1.99. The first kappa shape index (κ1) is 10.3. The van der Waals surface area contributed by atoms with E-state index in [2.05, 4.69) is 31.9 Å². The van der Waals surface area contributed by atoms with Gasteiger partial charge in [0.2, 0.25) is 0 Å². The summed E-state index contributed by atoms with van der Waals surface area (Å²) in [5.74, 6) is -1.28. The molecule has 0 unspecified atom stereocenters. The number of benzene rings is 1. The molecule has 0 fully saturated rings. The van der Waals surface area contributed by atoms with Gasteiger partial charge in [-0.2, -0.15) is 0 Å². The molecule has 0 aromatic heterocycles. The zero-order valence-corrected chi connectivity index (χ0v) is 9.39. The lowest BCUT2D eigenvalue weighted by Crippen LogP contribution is -2.12. The molecule has 6 heteroatoms. The molecular weight excluding hydrogens is 306 g/mol. The Morgan fingerprint density at radius 2 is 1.92 bits per heavy atom. The van der Waals surface area contributed by atoms with Gasteiger partial charge in [-0.3, -0.25) is 4.79 Å². The van der Waals surface area contributed by atoms with Gasteiger partial charge in [0, 0.05) is 0 Å². The first-order valence-electron chi connectivity index (χ1n) is 3.15. The molecule has 0 aliphatic heterocycles. The summed E-state index contributed by atoms with van der Waals surface area (Å²) in [4.78, 5) is 10.8. The van der Waals surface area contributed by atoms with Gasteiger partial charge in [-0.25, -0.2) is 0 Å². The fourth-order valence-corrected chi connectivity index (χ4v) is 2.12. The number of amides is 1.